The molecule has 0 saturated carbocycles. The van der Waals surface area contributed by atoms with E-state index in [2.05, 4.69) is 20.8 Å². The predicted molar refractivity (Wildman–Crippen MR) is 84.0 cm³/mol. The summed E-state index contributed by atoms with van der Waals surface area (Å²) in [7, 11) is -0.228. The summed E-state index contributed by atoms with van der Waals surface area (Å²) in [5.41, 5.74) is 5.62. The van der Waals surface area contributed by atoms with E-state index in [-0.39, 0.29) is 21.1 Å². The molecule has 21 heavy (non-hydrogen) atoms. The molecule has 1 heterocycles. The molecule has 1 atom stereocenters. The Morgan fingerprint density at radius 2 is 2.14 bits per heavy atom. The minimum Gasteiger partial charge on any atom is -0.398 e. The summed E-state index contributed by atoms with van der Waals surface area (Å²) in [5, 5.41) is 0. The van der Waals surface area contributed by atoms with Crippen molar-refractivity contribution in [3.63, 3.8) is 0 Å². The SMILES string of the molecule is CN1CCCC(N(C)S(=O)(=O)c2cc(Br)c(F)cc2N)C1. The van der Waals surface area contributed by atoms with E-state index in [9.17, 15) is 12.8 Å². The van der Waals surface area contributed by atoms with Crippen LogP contribution in [0.1, 0.15) is 12.8 Å². The van der Waals surface area contributed by atoms with Gasteiger partial charge in [0.15, 0.2) is 0 Å². The van der Waals surface area contributed by atoms with Gasteiger partial charge in [-0.2, -0.15) is 4.31 Å². The van der Waals surface area contributed by atoms with E-state index in [1.165, 1.54) is 10.4 Å². The lowest BCUT2D eigenvalue weighted by Crippen LogP contribution is -2.47. The Hall–Kier alpha value is -0.700. The van der Waals surface area contributed by atoms with Gasteiger partial charge >= 0.3 is 0 Å². The first-order chi connectivity index (χ1) is 9.73. The van der Waals surface area contributed by atoms with Crippen molar-refractivity contribution in [2.75, 3.05) is 32.9 Å². The fourth-order valence-electron chi connectivity index (χ4n) is 2.55. The highest BCUT2D eigenvalue weighted by Crippen LogP contribution is 2.29. The minimum absolute atomic E-state index is 0.0634. The minimum atomic E-state index is -3.75. The summed E-state index contributed by atoms with van der Waals surface area (Å²) in [6.07, 6.45) is 1.76. The average Bonchev–Trinajstić information content (AvgIpc) is 2.41. The van der Waals surface area contributed by atoms with Crippen molar-refractivity contribution < 1.29 is 12.8 Å². The zero-order chi connectivity index (χ0) is 15.8. The summed E-state index contributed by atoms with van der Waals surface area (Å²) in [6, 6.07) is 2.15. The highest BCUT2D eigenvalue weighted by atomic mass is 79.9. The molecule has 1 aliphatic rings. The summed E-state index contributed by atoms with van der Waals surface area (Å²) in [6.45, 7) is 1.65. The summed E-state index contributed by atoms with van der Waals surface area (Å²) >= 11 is 3.01. The maximum atomic E-state index is 13.4. The Morgan fingerprint density at radius 3 is 2.76 bits per heavy atom. The number of benzene rings is 1. The Kier molecular flexibility index (Phi) is 4.92. The van der Waals surface area contributed by atoms with Crippen LogP contribution in [0.3, 0.4) is 0 Å². The second-order valence-electron chi connectivity index (χ2n) is 5.38. The van der Waals surface area contributed by atoms with Crippen LogP contribution >= 0.6 is 15.9 Å². The van der Waals surface area contributed by atoms with E-state index in [0.717, 1.165) is 25.5 Å². The molecule has 0 radical (unpaired) electrons. The molecule has 8 heteroatoms. The highest BCUT2D eigenvalue weighted by Gasteiger charge is 2.32. The van der Waals surface area contributed by atoms with Gasteiger partial charge in [0.1, 0.15) is 10.7 Å². The van der Waals surface area contributed by atoms with Crippen LogP contribution in [-0.2, 0) is 10.0 Å². The van der Waals surface area contributed by atoms with Crippen LogP contribution in [0, 0.1) is 5.82 Å². The molecule has 1 aliphatic heterocycles. The lowest BCUT2D eigenvalue weighted by molar-refractivity contribution is 0.187. The Bertz CT molecular complexity index is 639. The number of likely N-dealkylation sites (N-methyl/N-ethyl adjacent to an activating group) is 2. The largest absolute Gasteiger partial charge is 0.398 e. The molecular weight excluding hydrogens is 361 g/mol. The lowest BCUT2D eigenvalue weighted by atomic mass is 10.1. The van der Waals surface area contributed by atoms with Crippen LogP contribution in [0.2, 0.25) is 0 Å². The van der Waals surface area contributed by atoms with E-state index in [0.29, 0.717) is 6.54 Å². The first kappa shape index (κ1) is 16.7. The van der Waals surface area contributed by atoms with Crippen molar-refractivity contribution in [1.82, 2.24) is 9.21 Å². The van der Waals surface area contributed by atoms with Crippen LogP contribution in [-0.4, -0.2) is 50.8 Å². The molecule has 1 unspecified atom stereocenters. The van der Waals surface area contributed by atoms with Gasteiger partial charge in [-0.3, -0.25) is 0 Å². The molecular formula is C13H19BrFN3O2S. The molecule has 1 fully saturated rings. The van der Waals surface area contributed by atoms with Crippen molar-refractivity contribution in [2.24, 2.45) is 0 Å². The molecule has 118 valence electrons. The number of rotatable bonds is 3. The molecule has 1 aromatic carbocycles. The number of nitrogens with two attached hydrogens (primary N) is 1. The van der Waals surface area contributed by atoms with Crippen molar-refractivity contribution in [1.29, 1.82) is 0 Å². The van der Waals surface area contributed by atoms with Gasteiger partial charge < -0.3 is 10.6 Å². The number of anilines is 1. The Morgan fingerprint density at radius 1 is 1.48 bits per heavy atom. The molecule has 1 aromatic rings. The topological polar surface area (TPSA) is 66.6 Å². The average molecular weight is 380 g/mol. The number of hydrogen-bond donors (Lipinski definition) is 1. The molecule has 2 rings (SSSR count). The molecule has 2 N–H and O–H groups in total. The number of nitrogen functional groups attached to an aromatic ring is 1. The smallest absolute Gasteiger partial charge is 0.245 e. The van der Waals surface area contributed by atoms with Gasteiger partial charge in [0.25, 0.3) is 0 Å². The van der Waals surface area contributed by atoms with Crippen LogP contribution in [0.25, 0.3) is 0 Å². The number of halogens is 2. The fraction of sp³-hybridized carbons (Fsp3) is 0.538. The third-order valence-electron chi connectivity index (χ3n) is 3.82. The van der Waals surface area contributed by atoms with Crippen molar-refractivity contribution in [3.8, 4) is 0 Å². The third kappa shape index (κ3) is 3.39. The Balaban J connectivity index is 2.35. The number of hydrogen-bond acceptors (Lipinski definition) is 4. The Labute approximate surface area is 133 Å². The van der Waals surface area contributed by atoms with Gasteiger partial charge in [0.05, 0.1) is 10.2 Å². The van der Waals surface area contributed by atoms with E-state index in [1.807, 2.05) is 7.05 Å². The zero-order valence-corrected chi connectivity index (χ0v) is 14.4. The zero-order valence-electron chi connectivity index (χ0n) is 12.0. The molecule has 1 saturated heterocycles. The van der Waals surface area contributed by atoms with Gasteiger partial charge in [-0.1, -0.05) is 0 Å². The van der Waals surface area contributed by atoms with Crippen LogP contribution in [0.15, 0.2) is 21.5 Å². The van der Waals surface area contributed by atoms with Gasteiger partial charge in [-0.05, 0) is 54.5 Å². The van der Waals surface area contributed by atoms with Crippen molar-refractivity contribution in [2.45, 2.75) is 23.8 Å². The standard InChI is InChI=1S/C13H19BrFN3O2S/c1-17-5-3-4-9(8-17)18(2)21(19,20)13-6-10(14)11(15)7-12(13)16/h6-7,9H,3-5,8,16H2,1-2H3. The van der Waals surface area contributed by atoms with E-state index in [4.69, 9.17) is 5.73 Å². The van der Waals surface area contributed by atoms with Gasteiger partial charge in [-0.15, -0.1) is 0 Å². The van der Waals surface area contributed by atoms with E-state index >= 15 is 0 Å². The normalized spacial score (nSPS) is 20.9. The molecule has 0 bridgehead atoms. The quantitative estimate of drug-likeness (QED) is 0.814. The van der Waals surface area contributed by atoms with E-state index in [1.54, 1.807) is 7.05 Å². The molecule has 0 aliphatic carbocycles. The molecule has 0 aromatic heterocycles. The lowest BCUT2D eigenvalue weighted by Gasteiger charge is -2.35. The predicted octanol–water partition coefficient (Wildman–Crippen LogP) is 1.89. The van der Waals surface area contributed by atoms with Crippen molar-refractivity contribution >= 4 is 31.6 Å². The highest BCUT2D eigenvalue weighted by molar-refractivity contribution is 9.10. The van der Waals surface area contributed by atoms with Crippen LogP contribution in [0.4, 0.5) is 10.1 Å². The first-order valence-corrected chi connectivity index (χ1v) is 8.88. The van der Waals surface area contributed by atoms with E-state index < -0.39 is 15.8 Å². The number of likely N-dealkylation sites (tertiary alicyclic amines) is 1. The third-order valence-corrected chi connectivity index (χ3v) is 6.40. The van der Waals surface area contributed by atoms with Crippen LogP contribution < -0.4 is 5.73 Å². The summed E-state index contributed by atoms with van der Waals surface area (Å²) in [5.74, 6) is -0.577. The summed E-state index contributed by atoms with van der Waals surface area (Å²) < 4.78 is 40.3. The second kappa shape index (κ2) is 6.20. The van der Waals surface area contributed by atoms with Crippen LogP contribution in [0.5, 0.6) is 0 Å². The fourth-order valence-corrected chi connectivity index (χ4v) is 4.55. The first-order valence-electron chi connectivity index (χ1n) is 6.64. The maximum Gasteiger partial charge on any atom is 0.245 e. The maximum absolute atomic E-state index is 13.4. The number of piperidine rings is 1. The second-order valence-corrected chi connectivity index (χ2v) is 8.20. The monoisotopic (exact) mass is 379 g/mol. The van der Waals surface area contributed by atoms with Gasteiger partial charge in [-0.25, -0.2) is 12.8 Å². The summed E-state index contributed by atoms with van der Waals surface area (Å²) in [4.78, 5) is 2.04. The van der Waals surface area contributed by atoms with Crippen molar-refractivity contribution in [3.05, 3.63) is 22.4 Å². The molecule has 0 amide bonds. The molecule has 5 nitrogen and oxygen atoms in total. The van der Waals surface area contributed by atoms with Gasteiger partial charge in [0, 0.05) is 19.6 Å². The number of nitrogens with zero attached hydrogens (tertiary/aromatic N) is 2. The molecule has 0 spiro atoms. The number of sulfonamides is 1. The van der Waals surface area contributed by atoms with Gasteiger partial charge in [0.2, 0.25) is 10.0 Å².